The van der Waals surface area contributed by atoms with Gasteiger partial charge in [-0.1, -0.05) is 18.2 Å². The number of para-hydroxylation sites is 1. The molecule has 3 rings (SSSR count). The monoisotopic (exact) mass is 453 g/mol. The van der Waals surface area contributed by atoms with Crippen LogP contribution in [0.15, 0.2) is 42.5 Å². The van der Waals surface area contributed by atoms with E-state index in [9.17, 15) is 9.59 Å². The number of rotatable bonds is 10. The molecular formula is C26H35N3O4. The fourth-order valence-electron chi connectivity index (χ4n) is 3.83. The molecule has 2 aromatic carbocycles. The van der Waals surface area contributed by atoms with Crippen LogP contribution in [0, 0.1) is 6.92 Å². The maximum atomic E-state index is 12.8. The molecular weight excluding hydrogens is 418 g/mol. The average Bonchev–Trinajstić information content (AvgIpc) is 2.83. The van der Waals surface area contributed by atoms with Crippen molar-refractivity contribution in [3.05, 3.63) is 53.6 Å². The van der Waals surface area contributed by atoms with Gasteiger partial charge in [0.1, 0.15) is 11.5 Å². The number of unbranched alkanes of at least 4 members (excludes halogenated alkanes) is 2. The molecule has 178 valence electrons. The van der Waals surface area contributed by atoms with Crippen LogP contribution in [0.2, 0.25) is 0 Å². The van der Waals surface area contributed by atoms with Crippen molar-refractivity contribution < 1.29 is 19.1 Å². The highest BCUT2D eigenvalue weighted by molar-refractivity contribution is 6.06. The molecule has 1 aliphatic rings. The van der Waals surface area contributed by atoms with E-state index in [1.807, 2.05) is 36.1 Å². The molecule has 2 amide bonds. The van der Waals surface area contributed by atoms with Crippen LogP contribution in [0.5, 0.6) is 11.5 Å². The summed E-state index contributed by atoms with van der Waals surface area (Å²) in [5.74, 6) is 1.18. The van der Waals surface area contributed by atoms with E-state index in [4.69, 9.17) is 9.47 Å². The first-order valence-corrected chi connectivity index (χ1v) is 11.6. The summed E-state index contributed by atoms with van der Waals surface area (Å²) in [6, 6.07) is 12.8. The molecule has 1 saturated heterocycles. The Hall–Kier alpha value is -3.06. The van der Waals surface area contributed by atoms with Gasteiger partial charge >= 0.3 is 0 Å². The summed E-state index contributed by atoms with van der Waals surface area (Å²) in [7, 11) is 3.64. The van der Waals surface area contributed by atoms with Gasteiger partial charge in [-0.25, -0.2) is 0 Å². The Morgan fingerprint density at radius 1 is 0.970 bits per heavy atom. The summed E-state index contributed by atoms with van der Waals surface area (Å²) in [6.07, 6.45) is 3.23. The Bertz CT molecular complexity index is 939. The number of anilines is 1. The molecule has 0 saturated carbocycles. The van der Waals surface area contributed by atoms with Crippen molar-refractivity contribution in [1.82, 2.24) is 9.80 Å². The van der Waals surface area contributed by atoms with Gasteiger partial charge in [-0.2, -0.15) is 0 Å². The van der Waals surface area contributed by atoms with E-state index in [0.29, 0.717) is 35.8 Å². The number of amides is 2. The third kappa shape index (κ3) is 7.22. The van der Waals surface area contributed by atoms with E-state index in [2.05, 4.69) is 17.3 Å². The highest BCUT2D eigenvalue weighted by atomic mass is 16.5. The van der Waals surface area contributed by atoms with Crippen molar-refractivity contribution in [1.29, 1.82) is 0 Å². The summed E-state index contributed by atoms with van der Waals surface area (Å²) >= 11 is 0. The smallest absolute Gasteiger partial charge is 0.259 e. The molecule has 1 fully saturated rings. The van der Waals surface area contributed by atoms with Crippen LogP contribution in [0.4, 0.5) is 5.69 Å². The van der Waals surface area contributed by atoms with Crippen LogP contribution in [-0.2, 0) is 4.79 Å². The van der Waals surface area contributed by atoms with Gasteiger partial charge in [0.15, 0.2) is 0 Å². The van der Waals surface area contributed by atoms with E-state index >= 15 is 0 Å². The van der Waals surface area contributed by atoms with Crippen molar-refractivity contribution in [3.63, 3.8) is 0 Å². The highest BCUT2D eigenvalue weighted by Gasteiger charge is 2.18. The van der Waals surface area contributed by atoms with E-state index in [-0.39, 0.29) is 11.8 Å². The molecule has 0 unspecified atom stereocenters. The Morgan fingerprint density at radius 2 is 1.73 bits per heavy atom. The maximum Gasteiger partial charge on any atom is 0.259 e. The van der Waals surface area contributed by atoms with Crippen molar-refractivity contribution in [2.45, 2.75) is 32.6 Å². The Balaban J connectivity index is 1.46. The fraction of sp³-hybridized carbons (Fsp3) is 0.462. The largest absolute Gasteiger partial charge is 0.496 e. The number of likely N-dealkylation sites (N-methyl/N-ethyl adjacent to an activating group) is 1. The number of nitrogens with zero attached hydrogens (tertiary/aromatic N) is 2. The summed E-state index contributed by atoms with van der Waals surface area (Å²) in [5, 5.41) is 2.94. The number of piperazine rings is 1. The van der Waals surface area contributed by atoms with Gasteiger partial charge < -0.3 is 24.6 Å². The van der Waals surface area contributed by atoms with Crippen LogP contribution < -0.4 is 14.8 Å². The Kier molecular flexibility index (Phi) is 9.13. The molecule has 1 aliphatic heterocycles. The third-order valence-corrected chi connectivity index (χ3v) is 5.89. The predicted octanol–water partition coefficient (Wildman–Crippen LogP) is 3.97. The minimum absolute atomic E-state index is 0.247. The standard InChI is InChI=1S/C26H35N3O4/c1-20-12-13-22(27-26(31)21-9-6-7-10-23(21)32-3)24(19-20)33-18-8-4-5-11-25(30)29-16-14-28(2)15-17-29/h6-7,9-10,12-13,19H,4-5,8,11,14-18H2,1-3H3,(H,27,31). The Morgan fingerprint density at radius 3 is 2.48 bits per heavy atom. The fourth-order valence-corrected chi connectivity index (χ4v) is 3.83. The number of nitrogens with one attached hydrogen (secondary N) is 1. The van der Waals surface area contributed by atoms with Crippen LogP contribution in [0.1, 0.15) is 41.6 Å². The number of carbonyl (C=O) groups excluding carboxylic acids is 2. The second-order valence-electron chi connectivity index (χ2n) is 8.50. The molecule has 33 heavy (non-hydrogen) atoms. The van der Waals surface area contributed by atoms with Gasteiger partial charge in [-0.15, -0.1) is 0 Å². The number of benzene rings is 2. The van der Waals surface area contributed by atoms with Gasteiger partial charge in [0, 0.05) is 32.6 Å². The number of methoxy groups -OCH3 is 1. The maximum absolute atomic E-state index is 12.8. The molecule has 0 aliphatic carbocycles. The molecule has 2 aromatic rings. The summed E-state index contributed by atoms with van der Waals surface area (Å²) in [6.45, 7) is 6.08. The molecule has 0 bridgehead atoms. The zero-order chi connectivity index (χ0) is 23.6. The van der Waals surface area contributed by atoms with Crippen LogP contribution >= 0.6 is 0 Å². The average molecular weight is 454 g/mol. The number of aryl methyl sites for hydroxylation is 1. The van der Waals surface area contributed by atoms with Gasteiger partial charge in [0.25, 0.3) is 5.91 Å². The lowest BCUT2D eigenvalue weighted by Gasteiger charge is -2.32. The van der Waals surface area contributed by atoms with Gasteiger partial charge in [0.2, 0.25) is 5.91 Å². The van der Waals surface area contributed by atoms with E-state index < -0.39 is 0 Å². The minimum atomic E-state index is -0.247. The van der Waals surface area contributed by atoms with Gasteiger partial charge in [-0.05, 0) is 63.1 Å². The Labute approximate surface area is 196 Å². The second kappa shape index (κ2) is 12.3. The van der Waals surface area contributed by atoms with E-state index in [1.54, 1.807) is 25.3 Å². The zero-order valence-electron chi connectivity index (χ0n) is 19.9. The molecule has 7 nitrogen and oxygen atoms in total. The lowest BCUT2D eigenvalue weighted by atomic mass is 10.1. The first kappa shape index (κ1) is 24.6. The number of ether oxygens (including phenoxy) is 2. The first-order valence-electron chi connectivity index (χ1n) is 11.6. The topological polar surface area (TPSA) is 71.1 Å². The SMILES string of the molecule is COc1ccccc1C(=O)Nc1ccc(C)cc1OCCCCCC(=O)N1CCN(C)CC1. The zero-order valence-corrected chi connectivity index (χ0v) is 19.9. The predicted molar refractivity (Wildman–Crippen MR) is 130 cm³/mol. The summed E-state index contributed by atoms with van der Waals surface area (Å²) in [5.41, 5.74) is 2.15. The van der Waals surface area contributed by atoms with Gasteiger partial charge in [0.05, 0.1) is 25.0 Å². The van der Waals surface area contributed by atoms with Crippen LogP contribution in [0.25, 0.3) is 0 Å². The number of hydrogen-bond acceptors (Lipinski definition) is 5. The van der Waals surface area contributed by atoms with Crippen LogP contribution in [-0.4, -0.2) is 68.6 Å². The minimum Gasteiger partial charge on any atom is -0.496 e. The summed E-state index contributed by atoms with van der Waals surface area (Å²) in [4.78, 5) is 29.3. The van der Waals surface area contributed by atoms with Gasteiger partial charge in [-0.3, -0.25) is 9.59 Å². The second-order valence-corrected chi connectivity index (χ2v) is 8.50. The number of carbonyl (C=O) groups is 2. The third-order valence-electron chi connectivity index (χ3n) is 5.89. The van der Waals surface area contributed by atoms with Crippen LogP contribution in [0.3, 0.4) is 0 Å². The van der Waals surface area contributed by atoms with Crippen molar-refractivity contribution in [3.8, 4) is 11.5 Å². The molecule has 0 radical (unpaired) electrons. The summed E-state index contributed by atoms with van der Waals surface area (Å²) < 4.78 is 11.3. The molecule has 0 spiro atoms. The molecule has 0 atom stereocenters. The lowest BCUT2D eigenvalue weighted by molar-refractivity contribution is -0.132. The van der Waals surface area contributed by atoms with E-state index in [0.717, 1.165) is 51.0 Å². The number of hydrogen-bond donors (Lipinski definition) is 1. The van der Waals surface area contributed by atoms with Crippen molar-refractivity contribution >= 4 is 17.5 Å². The van der Waals surface area contributed by atoms with E-state index in [1.165, 1.54) is 0 Å². The first-order chi connectivity index (χ1) is 16.0. The van der Waals surface area contributed by atoms with Crippen molar-refractivity contribution in [2.75, 3.05) is 52.3 Å². The molecule has 1 N–H and O–H groups in total. The molecule has 0 aromatic heterocycles. The highest BCUT2D eigenvalue weighted by Crippen LogP contribution is 2.28. The lowest BCUT2D eigenvalue weighted by Crippen LogP contribution is -2.47. The quantitative estimate of drug-likeness (QED) is 0.551. The molecule has 7 heteroatoms. The van der Waals surface area contributed by atoms with Crippen molar-refractivity contribution in [2.24, 2.45) is 0 Å². The molecule has 1 heterocycles. The normalized spacial score (nSPS) is 14.1.